The Morgan fingerprint density at radius 2 is 1.00 bits per heavy atom. The average Bonchev–Trinajstić information content (AvgIpc) is 0. The first-order chi connectivity index (χ1) is 0. The number of rotatable bonds is 0. The molecule has 0 rings (SSSR count). The minimum absolute atomic E-state index is 0. The molecule has 0 saturated heterocycles. The molecule has 0 bridgehead atoms. The van der Waals surface area contributed by atoms with E-state index in [1.165, 1.54) is 0 Å². The zero-order chi connectivity index (χ0) is 0. The van der Waals surface area contributed by atoms with Crippen molar-refractivity contribution in [2.24, 2.45) is 0 Å². The van der Waals surface area contributed by atoms with E-state index in [0.29, 0.717) is 0 Å². The average molecular weight is 174 g/mol. The van der Waals surface area contributed by atoms with Crippen LogP contribution < -0.4 is 0 Å². The normalized spacial score (nSPS) is 0. The zero-order valence-electron chi connectivity index (χ0n) is 1.15. The van der Waals surface area contributed by atoms with E-state index in [0.717, 1.165) is 0 Å². The van der Waals surface area contributed by atoms with Crippen LogP contribution in [-0.4, -0.2) is 41.7 Å². The predicted molar refractivity (Wildman–Crippen MR) is 20.7 cm³/mol. The first-order valence-corrected chi connectivity index (χ1v) is 0. The van der Waals surface area contributed by atoms with Gasteiger partial charge in [-0.25, -0.2) is 0 Å². The molecule has 5 heteroatoms. The van der Waals surface area contributed by atoms with Gasteiger partial charge in [0, 0.05) is 33.3 Å². The minimum Gasteiger partial charge on any atom is 0 e. The predicted octanol–water partition coefficient (Wildman–Crippen LogP) is -2.66. The van der Waals surface area contributed by atoms with Gasteiger partial charge in [0.1, 0.15) is 0 Å². The van der Waals surface area contributed by atoms with Crippen molar-refractivity contribution < 1.29 is 38.7 Å². The van der Waals surface area contributed by atoms with Gasteiger partial charge in [0.2, 0.25) is 0 Å². The van der Waals surface area contributed by atoms with Crippen LogP contribution in [0.4, 0.5) is 0 Å². The summed E-state index contributed by atoms with van der Waals surface area (Å²) in [5.41, 5.74) is 0. The molecule has 0 amide bonds. The molecule has 0 aliphatic heterocycles. The summed E-state index contributed by atoms with van der Waals surface area (Å²) in [6, 6.07) is 0. The summed E-state index contributed by atoms with van der Waals surface area (Å²) in [5.74, 6) is 0. The molecule has 0 unspecified atom stereocenters. The Morgan fingerprint density at radius 3 is 1.00 bits per heavy atom. The van der Waals surface area contributed by atoms with Crippen LogP contribution in [0.3, 0.4) is 0 Å². The van der Waals surface area contributed by atoms with Crippen LogP contribution in [0.15, 0.2) is 0 Å². The molecule has 5 heavy (non-hydrogen) atoms. The Labute approximate surface area is 74.4 Å². The van der Waals surface area contributed by atoms with E-state index in [9.17, 15) is 0 Å². The van der Waals surface area contributed by atoms with E-state index in [4.69, 9.17) is 0 Å². The molecule has 0 heterocycles. The Balaban J connectivity index is 0. The molecule has 0 aliphatic carbocycles. The molecule has 0 aromatic carbocycles. The Kier molecular flexibility index (Phi) is 435. The number of hydrogen-bond donors (Lipinski definition) is 0. The summed E-state index contributed by atoms with van der Waals surface area (Å²) in [6.07, 6.45) is 0. The molecule has 0 fully saturated rings. The molecule has 0 aromatic heterocycles. The van der Waals surface area contributed by atoms with Gasteiger partial charge in [-0.2, -0.15) is 0 Å². The van der Waals surface area contributed by atoms with E-state index >= 15 is 0 Å². The summed E-state index contributed by atoms with van der Waals surface area (Å²) < 4.78 is 0. The van der Waals surface area contributed by atoms with Crippen LogP contribution >= 0.6 is 0 Å². The summed E-state index contributed by atoms with van der Waals surface area (Å²) in [5, 5.41) is 0. The van der Waals surface area contributed by atoms with Crippen LogP contribution in [0.25, 0.3) is 0 Å². The van der Waals surface area contributed by atoms with Crippen LogP contribution in [0.2, 0.25) is 0 Å². The van der Waals surface area contributed by atoms with Gasteiger partial charge in [0.25, 0.3) is 0 Å². The standard InChI is InChI=1S/Al.Co.Li.Ni.H2O.4H/h;;;;1H2;;;;. The van der Waals surface area contributed by atoms with Crippen molar-refractivity contribution in [3.05, 3.63) is 0 Å². The second kappa shape index (κ2) is 36.1. The third kappa shape index (κ3) is 23.3. The van der Waals surface area contributed by atoms with Crippen LogP contribution in [0, 0.1) is 0 Å². The minimum atomic E-state index is 0. The van der Waals surface area contributed by atoms with Gasteiger partial charge in [-0.05, 0) is 0 Å². The number of hydrogen-bond acceptors (Lipinski definition) is 0. The maximum absolute atomic E-state index is 0. The molecule has 1 radical (unpaired) electrons. The van der Waals surface area contributed by atoms with Gasteiger partial charge in [0.15, 0.2) is 17.4 Å². The van der Waals surface area contributed by atoms with E-state index in [1.54, 1.807) is 0 Å². The smallest absolute Gasteiger partial charge is 0 e. The molecule has 0 aromatic rings. The van der Waals surface area contributed by atoms with Gasteiger partial charge in [-0.15, -0.1) is 0 Å². The van der Waals surface area contributed by atoms with Gasteiger partial charge >= 0.3 is 18.9 Å². The van der Waals surface area contributed by atoms with E-state index in [1.807, 2.05) is 0 Å². The third-order valence-electron chi connectivity index (χ3n) is 0. The van der Waals surface area contributed by atoms with Crippen molar-refractivity contribution in [2.45, 2.75) is 0 Å². The Morgan fingerprint density at radius 1 is 1.00 bits per heavy atom. The fourth-order valence-electron chi connectivity index (χ4n) is 0. The fraction of sp³-hybridized carbons (Fsp3) is 0. The monoisotopic (exact) mass is 173 g/mol. The SMILES string of the molecule is O.[AlH3].[Co].[LiH].[Ni]. The second-order valence-corrected chi connectivity index (χ2v) is 0. The molecule has 0 aliphatic rings. The van der Waals surface area contributed by atoms with Crippen LogP contribution in [-0.2, 0) is 33.3 Å². The Hall–Kier alpha value is 2.09. The maximum Gasteiger partial charge on any atom is 0 e. The van der Waals surface area contributed by atoms with Gasteiger partial charge < -0.3 is 5.48 Å². The molecule has 0 atom stereocenters. The second-order valence-electron chi connectivity index (χ2n) is 0. The van der Waals surface area contributed by atoms with Crippen LogP contribution in [0.1, 0.15) is 0 Å². The molecule has 2 N–H and O–H groups in total. The summed E-state index contributed by atoms with van der Waals surface area (Å²) in [4.78, 5) is 0. The largest absolute Gasteiger partial charge is 0 e. The van der Waals surface area contributed by atoms with Crippen molar-refractivity contribution in [3.8, 4) is 0 Å². The van der Waals surface area contributed by atoms with Gasteiger partial charge in [-0.3, -0.25) is 0 Å². The summed E-state index contributed by atoms with van der Waals surface area (Å²) >= 11 is 0. The molecule has 1 nitrogen and oxygen atoms in total. The molecular weight excluding hydrogens is 168 g/mol. The van der Waals surface area contributed by atoms with Crippen molar-refractivity contribution in [1.82, 2.24) is 0 Å². The van der Waals surface area contributed by atoms with Crippen molar-refractivity contribution in [1.29, 1.82) is 0 Å². The fourth-order valence-corrected chi connectivity index (χ4v) is 0. The van der Waals surface area contributed by atoms with Crippen LogP contribution in [0.5, 0.6) is 0 Å². The zero-order valence-corrected chi connectivity index (χ0v) is 3.18. The maximum atomic E-state index is 0. The topological polar surface area (TPSA) is 31.5 Å². The van der Waals surface area contributed by atoms with E-state index in [2.05, 4.69) is 0 Å². The molecular formula is H6AlCoLiNiO. The third-order valence-corrected chi connectivity index (χ3v) is 0. The van der Waals surface area contributed by atoms with Crippen molar-refractivity contribution in [3.63, 3.8) is 0 Å². The quantitative estimate of drug-likeness (QED) is 0.358. The van der Waals surface area contributed by atoms with E-state index in [-0.39, 0.29) is 75.0 Å². The van der Waals surface area contributed by atoms with Crippen molar-refractivity contribution in [2.75, 3.05) is 0 Å². The van der Waals surface area contributed by atoms with E-state index < -0.39 is 0 Å². The van der Waals surface area contributed by atoms with Gasteiger partial charge in [-0.1, -0.05) is 0 Å². The molecule has 0 saturated carbocycles. The summed E-state index contributed by atoms with van der Waals surface area (Å²) in [6.45, 7) is 0. The molecule has 0 spiro atoms. The first-order valence-electron chi connectivity index (χ1n) is 0. The van der Waals surface area contributed by atoms with Crippen molar-refractivity contribution >= 4 is 36.2 Å². The summed E-state index contributed by atoms with van der Waals surface area (Å²) in [7, 11) is 0. The Bertz CT molecular complexity index is 11.6. The van der Waals surface area contributed by atoms with Gasteiger partial charge in [0.05, 0.1) is 0 Å². The molecule has 35 valence electrons. The first kappa shape index (κ1) is 60.2.